The molecule has 0 aromatic carbocycles. The van der Waals surface area contributed by atoms with Crippen molar-refractivity contribution in [3.8, 4) is 0 Å². The number of rotatable bonds is 4. The van der Waals surface area contributed by atoms with Crippen LogP contribution in [0.25, 0.3) is 0 Å². The normalized spacial score (nSPS) is 32.7. The van der Waals surface area contributed by atoms with Gasteiger partial charge in [0.25, 0.3) is 0 Å². The number of carbonyl (C=O) groups excluding carboxylic acids is 2. The van der Waals surface area contributed by atoms with Crippen LogP contribution >= 0.6 is 0 Å². The minimum absolute atomic E-state index is 0.0952. The number of likely N-dealkylation sites (N-methyl/N-ethyl adjacent to an activating group) is 1. The first kappa shape index (κ1) is 10.6. The van der Waals surface area contributed by atoms with Crippen LogP contribution in [0.3, 0.4) is 0 Å². The van der Waals surface area contributed by atoms with E-state index in [1.807, 2.05) is 6.92 Å². The summed E-state index contributed by atoms with van der Waals surface area (Å²) in [6.45, 7) is 6.28. The minimum atomic E-state index is -0.173. The number of ketones is 1. The maximum Gasteiger partial charge on any atom is 0.219 e. The summed E-state index contributed by atoms with van der Waals surface area (Å²) in [5, 5.41) is 3.07. The number of carbonyl (C=O) groups is 2. The summed E-state index contributed by atoms with van der Waals surface area (Å²) in [4.78, 5) is 24.9. The molecule has 0 bridgehead atoms. The Morgan fingerprint density at radius 2 is 2.27 bits per heavy atom. The average molecular weight is 210 g/mol. The standard InChI is InChI=1S/C11H18N2O2/c1-3-12-5-10(15)11-4-9(11)6-13(7-11)8(2)14/h9,12H,3-7H2,1-2H3. The number of amides is 1. The lowest BCUT2D eigenvalue weighted by Gasteiger charge is -2.18. The third kappa shape index (κ3) is 1.67. The molecule has 1 aliphatic carbocycles. The van der Waals surface area contributed by atoms with Gasteiger partial charge in [0.15, 0.2) is 5.78 Å². The third-order valence-corrected chi connectivity index (χ3v) is 3.68. The number of hydrogen-bond acceptors (Lipinski definition) is 3. The molecule has 1 aliphatic heterocycles. The lowest BCUT2D eigenvalue weighted by Crippen LogP contribution is -2.35. The lowest BCUT2D eigenvalue weighted by atomic mass is 10.00. The van der Waals surface area contributed by atoms with E-state index < -0.39 is 0 Å². The predicted molar refractivity (Wildman–Crippen MR) is 56.3 cm³/mol. The summed E-state index contributed by atoms with van der Waals surface area (Å²) >= 11 is 0. The van der Waals surface area contributed by atoms with E-state index in [0.29, 0.717) is 19.0 Å². The highest BCUT2D eigenvalue weighted by Crippen LogP contribution is 2.58. The van der Waals surface area contributed by atoms with E-state index in [0.717, 1.165) is 19.5 Å². The molecule has 4 heteroatoms. The lowest BCUT2D eigenvalue weighted by molar-refractivity contribution is -0.129. The molecule has 1 N–H and O–H groups in total. The quantitative estimate of drug-likeness (QED) is 0.712. The van der Waals surface area contributed by atoms with Crippen LogP contribution in [-0.4, -0.2) is 42.8 Å². The molecule has 1 saturated carbocycles. The monoisotopic (exact) mass is 210 g/mol. The summed E-state index contributed by atoms with van der Waals surface area (Å²) in [7, 11) is 0. The second kappa shape index (κ2) is 3.59. The van der Waals surface area contributed by atoms with Crippen molar-refractivity contribution in [2.75, 3.05) is 26.2 Å². The molecule has 4 nitrogen and oxygen atoms in total. The first-order valence-electron chi connectivity index (χ1n) is 5.59. The van der Waals surface area contributed by atoms with Crippen molar-refractivity contribution in [1.29, 1.82) is 0 Å². The van der Waals surface area contributed by atoms with E-state index in [9.17, 15) is 9.59 Å². The van der Waals surface area contributed by atoms with Crippen LogP contribution in [0, 0.1) is 11.3 Å². The molecule has 0 aromatic rings. The number of Topliss-reactive ketones (excluding diaryl/α,β-unsaturated/α-hetero) is 1. The number of nitrogens with one attached hydrogen (secondary N) is 1. The molecular formula is C11H18N2O2. The molecule has 0 radical (unpaired) electrons. The van der Waals surface area contributed by atoms with Crippen molar-refractivity contribution >= 4 is 11.7 Å². The second-order valence-corrected chi connectivity index (χ2v) is 4.66. The first-order chi connectivity index (χ1) is 7.10. The number of likely N-dealkylation sites (tertiary alicyclic amines) is 1. The molecule has 1 heterocycles. The largest absolute Gasteiger partial charge is 0.342 e. The Bertz CT molecular complexity index is 303. The molecule has 2 atom stereocenters. The first-order valence-corrected chi connectivity index (χ1v) is 5.59. The van der Waals surface area contributed by atoms with E-state index in [1.54, 1.807) is 11.8 Å². The van der Waals surface area contributed by atoms with Gasteiger partial charge in [-0.2, -0.15) is 0 Å². The summed E-state index contributed by atoms with van der Waals surface area (Å²) < 4.78 is 0. The Kier molecular flexibility index (Phi) is 2.54. The Morgan fingerprint density at radius 1 is 1.53 bits per heavy atom. The van der Waals surface area contributed by atoms with E-state index in [-0.39, 0.29) is 17.1 Å². The highest BCUT2D eigenvalue weighted by atomic mass is 16.2. The summed E-state index contributed by atoms with van der Waals surface area (Å²) in [5.41, 5.74) is -0.173. The molecule has 2 unspecified atom stereocenters. The topological polar surface area (TPSA) is 49.4 Å². The van der Waals surface area contributed by atoms with Crippen LogP contribution in [0.1, 0.15) is 20.3 Å². The maximum absolute atomic E-state index is 11.9. The number of fused-ring (bicyclic) bond motifs is 1. The van der Waals surface area contributed by atoms with Gasteiger partial charge in [0.1, 0.15) is 0 Å². The molecule has 1 saturated heterocycles. The van der Waals surface area contributed by atoms with Crippen molar-refractivity contribution < 1.29 is 9.59 Å². The maximum atomic E-state index is 11.9. The van der Waals surface area contributed by atoms with Crippen LogP contribution in [0.2, 0.25) is 0 Å². The molecule has 15 heavy (non-hydrogen) atoms. The fourth-order valence-electron chi connectivity index (χ4n) is 2.57. The number of piperidine rings is 1. The highest BCUT2D eigenvalue weighted by Gasteiger charge is 2.64. The Labute approximate surface area is 90.0 Å². The van der Waals surface area contributed by atoms with Gasteiger partial charge in [-0.3, -0.25) is 9.59 Å². The Balaban J connectivity index is 1.94. The van der Waals surface area contributed by atoms with Gasteiger partial charge in [-0.15, -0.1) is 0 Å². The van der Waals surface area contributed by atoms with E-state index in [1.165, 1.54) is 0 Å². The van der Waals surface area contributed by atoms with Gasteiger partial charge in [0.2, 0.25) is 5.91 Å². The van der Waals surface area contributed by atoms with Crippen LogP contribution in [-0.2, 0) is 9.59 Å². The van der Waals surface area contributed by atoms with Crippen LogP contribution in [0.4, 0.5) is 0 Å². The average Bonchev–Trinajstić information content (AvgIpc) is 2.78. The molecule has 84 valence electrons. The van der Waals surface area contributed by atoms with Gasteiger partial charge >= 0.3 is 0 Å². The molecule has 1 amide bonds. The molecule has 2 rings (SSSR count). The van der Waals surface area contributed by atoms with Gasteiger partial charge in [-0.05, 0) is 18.9 Å². The minimum Gasteiger partial charge on any atom is -0.342 e. The highest BCUT2D eigenvalue weighted by molar-refractivity contribution is 5.91. The van der Waals surface area contributed by atoms with Crippen LogP contribution < -0.4 is 5.32 Å². The van der Waals surface area contributed by atoms with Crippen molar-refractivity contribution in [1.82, 2.24) is 10.2 Å². The van der Waals surface area contributed by atoms with Crippen molar-refractivity contribution in [2.24, 2.45) is 11.3 Å². The molecule has 2 fully saturated rings. The summed E-state index contributed by atoms with van der Waals surface area (Å²) in [6, 6.07) is 0. The van der Waals surface area contributed by atoms with Gasteiger partial charge < -0.3 is 10.2 Å². The predicted octanol–water partition coefficient (Wildman–Crippen LogP) is 0.0334. The summed E-state index contributed by atoms with van der Waals surface area (Å²) in [6.07, 6.45) is 0.987. The molecule has 0 spiro atoms. The van der Waals surface area contributed by atoms with Crippen molar-refractivity contribution in [3.05, 3.63) is 0 Å². The Morgan fingerprint density at radius 3 is 2.80 bits per heavy atom. The number of hydrogen-bond donors (Lipinski definition) is 1. The fourth-order valence-corrected chi connectivity index (χ4v) is 2.57. The Hall–Kier alpha value is -0.900. The van der Waals surface area contributed by atoms with E-state index >= 15 is 0 Å². The fraction of sp³-hybridized carbons (Fsp3) is 0.818. The van der Waals surface area contributed by atoms with E-state index in [4.69, 9.17) is 0 Å². The molecule has 2 aliphatic rings. The van der Waals surface area contributed by atoms with Crippen molar-refractivity contribution in [2.45, 2.75) is 20.3 Å². The zero-order valence-electron chi connectivity index (χ0n) is 9.38. The van der Waals surface area contributed by atoms with Gasteiger partial charge in [-0.25, -0.2) is 0 Å². The summed E-state index contributed by atoms with van der Waals surface area (Å²) in [5.74, 6) is 0.823. The number of nitrogens with zero attached hydrogens (tertiary/aromatic N) is 1. The van der Waals surface area contributed by atoms with Crippen LogP contribution in [0.5, 0.6) is 0 Å². The smallest absolute Gasteiger partial charge is 0.219 e. The van der Waals surface area contributed by atoms with Gasteiger partial charge in [-0.1, -0.05) is 6.92 Å². The molecular weight excluding hydrogens is 192 g/mol. The third-order valence-electron chi connectivity index (χ3n) is 3.68. The van der Waals surface area contributed by atoms with Gasteiger partial charge in [0.05, 0.1) is 12.0 Å². The molecule has 0 aromatic heterocycles. The zero-order valence-corrected chi connectivity index (χ0v) is 9.38. The van der Waals surface area contributed by atoms with Crippen LogP contribution in [0.15, 0.2) is 0 Å². The SMILES string of the molecule is CCNCC(=O)C12CC1CN(C(C)=O)C2. The van der Waals surface area contributed by atoms with Crippen molar-refractivity contribution in [3.63, 3.8) is 0 Å². The van der Waals surface area contributed by atoms with Gasteiger partial charge in [0, 0.05) is 20.0 Å². The second-order valence-electron chi connectivity index (χ2n) is 4.66. The zero-order chi connectivity index (χ0) is 11.1. The van der Waals surface area contributed by atoms with E-state index in [2.05, 4.69) is 5.32 Å².